The molecule has 0 fully saturated rings. The number of ether oxygens (including phenoxy) is 1. The SMILES string of the molecule is Cc1nc(COc2cccc(C=O)c2)cs1. The van der Waals surface area contributed by atoms with E-state index in [1.54, 1.807) is 29.5 Å². The molecule has 2 rings (SSSR count). The third kappa shape index (κ3) is 2.67. The second-order valence-electron chi connectivity index (χ2n) is 3.34. The van der Waals surface area contributed by atoms with E-state index < -0.39 is 0 Å². The fourth-order valence-electron chi connectivity index (χ4n) is 1.31. The van der Waals surface area contributed by atoms with Crippen LogP contribution in [0.15, 0.2) is 29.6 Å². The number of aromatic nitrogens is 1. The molecule has 0 atom stereocenters. The molecule has 1 heterocycles. The van der Waals surface area contributed by atoms with Crippen molar-refractivity contribution >= 4 is 17.6 Å². The van der Waals surface area contributed by atoms with Gasteiger partial charge in [0.1, 0.15) is 18.6 Å². The van der Waals surface area contributed by atoms with Crippen LogP contribution >= 0.6 is 11.3 Å². The highest BCUT2D eigenvalue weighted by Crippen LogP contribution is 2.15. The number of nitrogens with zero attached hydrogens (tertiary/aromatic N) is 1. The maximum absolute atomic E-state index is 10.6. The second kappa shape index (κ2) is 4.90. The molecule has 1 aromatic heterocycles. The lowest BCUT2D eigenvalue weighted by Gasteiger charge is -2.04. The van der Waals surface area contributed by atoms with Gasteiger partial charge in [-0.15, -0.1) is 11.3 Å². The molecule has 0 aliphatic carbocycles. The average molecular weight is 233 g/mol. The van der Waals surface area contributed by atoms with Crippen LogP contribution in [0.2, 0.25) is 0 Å². The van der Waals surface area contributed by atoms with Crippen LogP contribution in [0.25, 0.3) is 0 Å². The van der Waals surface area contributed by atoms with Gasteiger partial charge in [0.25, 0.3) is 0 Å². The number of aldehydes is 1. The van der Waals surface area contributed by atoms with Crippen molar-refractivity contribution in [2.24, 2.45) is 0 Å². The van der Waals surface area contributed by atoms with Gasteiger partial charge in [0.15, 0.2) is 0 Å². The van der Waals surface area contributed by atoms with E-state index in [2.05, 4.69) is 4.98 Å². The average Bonchev–Trinajstić information content (AvgIpc) is 2.73. The molecule has 0 unspecified atom stereocenters. The van der Waals surface area contributed by atoms with Crippen LogP contribution in [0, 0.1) is 6.92 Å². The van der Waals surface area contributed by atoms with Crippen molar-refractivity contribution in [1.82, 2.24) is 4.98 Å². The molecule has 16 heavy (non-hydrogen) atoms. The quantitative estimate of drug-likeness (QED) is 0.762. The van der Waals surface area contributed by atoms with E-state index in [1.165, 1.54) is 0 Å². The van der Waals surface area contributed by atoms with Gasteiger partial charge in [-0.2, -0.15) is 0 Å². The van der Waals surface area contributed by atoms with E-state index in [0.717, 1.165) is 17.0 Å². The molecule has 0 aliphatic rings. The number of rotatable bonds is 4. The van der Waals surface area contributed by atoms with Crippen molar-refractivity contribution in [3.05, 3.63) is 45.9 Å². The summed E-state index contributed by atoms with van der Waals surface area (Å²) in [5.41, 5.74) is 1.53. The summed E-state index contributed by atoms with van der Waals surface area (Å²) >= 11 is 1.60. The van der Waals surface area contributed by atoms with E-state index in [0.29, 0.717) is 17.9 Å². The van der Waals surface area contributed by atoms with Crippen molar-refractivity contribution in [3.8, 4) is 5.75 Å². The topological polar surface area (TPSA) is 39.2 Å². The molecular formula is C12H11NO2S. The highest BCUT2D eigenvalue weighted by atomic mass is 32.1. The molecule has 1 aromatic carbocycles. The zero-order chi connectivity index (χ0) is 11.4. The predicted molar refractivity (Wildman–Crippen MR) is 63.0 cm³/mol. The van der Waals surface area contributed by atoms with Crippen molar-refractivity contribution in [3.63, 3.8) is 0 Å². The smallest absolute Gasteiger partial charge is 0.150 e. The Morgan fingerprint density at radius 3 is 3.06 bits per heavy atom. The number of hydrogen-bond acceptors (Lipinski definition) is 4. The largest absolute Gasteiger partial charge is 0.487 e. The molecule has 0 saturated heterocycles. The van der Waals surface area contributed by atoms with Crippen LogP contribution in [-0.4, -0.2) is 11.3 Å². The number of carbonyl (C=O) groups excluding carboxylic acids is 1. The fourth-order valence-corrected chi connectivity index (χ4v) is 1.91. The van der Waals surface area contributed by atoms with Gasteiger partial charge in [0, 0.05) is 10.9 Å². The molecule has 3 nitrogen and oxygen atoms in total. The van der Waals surface area contributed by atoms with Gasteiger partial charge in [-0.3, -0.25) is 4.79 Å². The number of hydrogen-bond donors (Lipinski definition) is 0. The van der Waals surface area contributed by atoms with Crippen LogP contribution in [0.1, 0.15) is 21.1 Å². The van der Waals surface area contributed by atoms with Gasteiger partial charge >= 0.3 is 0 Å². The zero-order valence-electron chi connectivity index (χ0n) is 8.84. The van der Waals surface area contributed by atoms with Gasteiger partial charge in [0.05, 0.1) is 10.7 Å². The fraction of sp³-hybridized carbons (Fsp3) is 0.167. The minimum absolute atomic E-state index is 0.437. The van der Waals surface area contributed by atoms with Crippen LogP contribution < -0.4 is 4.74 Å². The second-order valence-corrected chi connectivity index (χ2v) is 4.40. The summed E-state index contributed by atoms with van der Waals surface area (Å²) < 4.78 is 5.53. The molecule has 82 valence electrons. The van der Waals surface area contributed by atoms with Crippen LogP contribution in [0.4, 0.5) is 0 Å². The summed E-state index contributed by atoms with van der Waals surface area (Å²) in [6.45, 7) is 2.40. The molecule has 2 aromatic rings. The highest BCUT2D eigenvalue weighted by Gasteiger charge is 2.00. The molecular weight excluding hydrogens is 222 g/mol. The minimum Gasteiger partial charge on any atom is -0.487 e. The molecule has 0 radical (unpaired) electrons. The van der Waals surface area contributed by atoms with E-state index in [4.69, 9.17) is 4.74 Å². The first-order chi connectivity index (χ1) is 7.78. The van der Waals surface area contributed by atoms with E-state index in [-0.39, 0.29) is 0 Å². The summed E-state index contributed by atoms with van der Waals surface area (Å²) in [4.78, 5) is 14.9. The van der Waals surface area contributed by atoms with Gasteiger partial charge in [-0.1, -0.05) is 12.1 Å². The maximum atomic E-state index is 10.6. The van der Waals surface area contributed by atoms with Gasteiger partial charge < -0.3 is 4.74 Å². The minimum atomic E-state index is 0.437. The molecule has 0 aliphatic heterocycles. The van der Waals surface area contributed by atoms with Gasteiger partial charge in [-0.25, -0.2) is 4.98 Å². The summed E-state index contributed by atoms with van der Waals surface area (Å²) in [5, 5.41) is 3.00. The Hall–Kier alpha value is -1.68. The summed E-state index contributed by atoms with van der Waals surface area (Å²) in [7, 11) is 0. The van der Waals surface area contributed by atoms with E-state index in [9.17, 15) is 4.79 Å². The van der Waals surface area contributed by atoms with Crippen LogP contribution in [0.3, 0.4) is 0 Å². The zero-order valence-corrected chi connectivity index (χ0v) is 9.66. The lowest BCUT2D eigenvalue weighted by Crippen LogP contribution is -1.96. The highest BCUT2D eigenvalue weighted by molar-refractivity contribution is 7.09. The monoisotopic (exact) mass is 233 g/mol. The standard InChI is InChI=1S/C12H11NO2S/c1-9-13-11(8-16-9)7-15-12-4-2-3-10(5-12)6-14/h2-6,8H,7H2,1H3. The first-order valence-electron chi connectivity index (χ1n) is 4.87. The normalized spacial score (nSPS) is 10.1. The molecule has 0 bridgehead atoms. The first kappa shape index (κ1) is 10.8. The molecule has 0 N–H and O–H groups in total. The van der Waals surface area contributed by atoms with E-state index in [1.807, 2.05) is 18.4 Å². The maximum Gasteiger partial charge on any atom is 0.150 e. The Labute approximate surface area is 97.7 Å². The molecule has 0 saturated carbocycles. The summed E-state index contributed by atoms with van der Waals surface area (Å²) in [5.74, 6) is 0.690. The number of benzene rings is 1. The van der Waals surface area contributed by atoms with E-state index >= 15 is 0 Å². The summed E-state index contributed by atoms with van der Waals surface area (Å²) in [6, 6.07) is 7.08. The van der Waals surface area contributed by atoms with Crippen LogP contribution in [-0.2, 0) is 6.61 Å². The molecule has 0 spiro atoms. The molecule has 4 heteroatoms. The van der Waals surface area contributed by atoms with Crippen molar-refractivity contribution < 1.29 is 9.53 Å². The lowest BCUT2D eigenvalue weighted by atomic mass is 10.2. The lowest BCUT2D eigenvalue weighted by molar-refractivity contribution is 0.112. The molecule has 0 amide bonds. The Bertz CT molecular complexity index is 493. The third-order valence-corrected chi connectivity index (χ3v) is 2.87. The van der Waals surface area contributed by atoms with Crippen LogP contribution in [0.5, 0.6) is 5.75 Å². The Balaban J connectivity index is 2.01. The Kier molecular flexibility index (Phi) is 3.31. The Morgan fingerprint density at radius 1 is 1.50 bits per heavy atom. The summed E-state index contributed by atoms with van der Waals surface area (Å²) in [6.07, 6.45) is 0.805. The number of thiazole rings is 1. The van der Waals surface area contributed by atoms with Gasteiger partial charge in [-0.05, 0) is 19.1 Å². The predicted octanol–water partition coefficient (Wildman–Crippen LogP) is 2.84. The van der Waals surface area contributed by atoms with Crippen molar-refractivity contribution in [2.75, 3.05) is 0 Å². The van der Waals surface area contributed by atoms with Crippen molar-refractivity contribution in [1.29, 1.82) is 0 Å². The van der Waals surface area contributed by atoms with Gasteiger partial charge in [0.2, 0.25) is 0 Å². The Morgan fingerprint density at radius 2 is 2.38 bits per heavy atom. The number of aryl methyl sites for hydroxylation is 1. The first-order valence-corrected chi connectivity index (χ1v) is 5.75. The van der Waals surface area contributed by atoms with Crippen molar-refractivity contribution in [2.45, 2.75) is 13.5 Å². The third-order valence-electron chi connectivity index (χ3n) is 2.05. The number of carbonyl (C=O) groups is 1.